The topological polar surface area (TPSA) is 200 Å². The number of ether oxygens (including phenoxy) is 2. The number of aromatic amines is 2. The molecule has 4 N–H and O–H groups in total. The van der Waals surface area contributed by atoms with Crippen LogP contribution in [-0.2, 0) is 19.1 Å². The Balaban J connectivity index is 1.12. The summed E-state index contributed by atoms with van der Waals surface area (Å²) >= 11 is 2.95. The highest BCUT2D eigenvalue weighted by Crippen LogP contribution is 2.38. The van der Waals surface area contributed by atoms with Crippen molar-refractivity contribution < 1.29 is 28.7 Å². The van der Waals surface area contributed by atoms with E-state index in [1.165, 1.54) is 36.9 Å². The molecule has 0 aromatic carbocycles. The average molecular weight is 697 g/mol. The van der Waals surface area contributed by atoms with E-state index < -0.39 is 24.3 Å². The molecule has 48 heavy (non-hydrogen) atoms. The van der Waals surface area contributed by atoms with Crippen molar-refractivity contribution in [3.05, 3.63) is 36.4 Å². The van der Waals surface area contributed by atoms with E-state index in [2.05, 4.69) is 50.0 Å². The second-order valence-corrected chi connectivity index (χ2v) is 13.6. The zero-order chi connectivity index (χ0) is 33.9. The fourth-order valence-electron chi connectivity index (χ4n) is 5.98. The molecule has 0 spiro atoms. The number of aromatic nitrogens is 6. The molecule has 4 aromatic heterocycles. The lowest BCUT2D eigenvalue weighted by atomic mass is 10.2. The van der Waals surface area contributed by atoms with Crippen molar-refractivity contribution in [1.82, 2.24) is 50.3 Å². The Kier molecular flexibility index (Phi) is 9.72. The van der Waals surface area contributed by atoms with E-state index in [4.69, 9.17) is 0 Å². The molecule has 4 atom stereocenters. The number of thiazole rings is 2. The SMILES string of the molecule is COC(=O)NC(C)C(=O)N1CCCC1c1ncc(-c2cnc(-c3ncc(-c4cnc(C5CCCN5C(=O)C(C)NC(=O)OC)[nH]4)s3)s2)[nH]1. The van der Waals surface area contributed by atoms with E-state index >= 15 is 0 Å². The Bertz CT molecular complexity index is 1670. The summed E-state index contributed by atoms with van der Waals surface area (Å²) < 4.78 is 9.25. The first-order chi connectivity index (χ1) is 23.2. The lowest BCUT2D eigenvalue weighted by Gasteiger charge is -2.26. The van der Waals surface area contributed by atoms with Gasteiger partial charge in [-0.1, -0.05) is 0 Å². The number of likely N-dealkylation sites (tertiary alicyclic amines) is 2. The molecule has 4 unspecified atom stereocenters. The Hall–Kier alpha value is -4.84. The highest BCUT2D eigenvalue weighted by molar-refractivity contribution is 7.24. The van der Waals surface area contributed by atoms with Gasteiger partial charge in [0.05, 0.1) is 59.8 Å². The van der Waals surface area contributed by atoms with Gasteiger partial charge >= 0.3 is 12.2 Å². The molecular formula is C30H36N10O6S2. The summed E-state index contributed by atoms with van der Waals surface area (Å²) in [5.41, 5.74) is 1.58. The molecule has 0 radical (unpaired) electrons. The molecule has 254 valence electrons. The van der Waals surface area contributed by atoms with Gasteiger partial charge in [-0.15, -0.1) is 22.7 Å². The van der Waals surface area contributed by atoms with Crippen LogP contribution in [0.15, 0.2) is 24.8 Å². The van der Waals surface area contributed by atoms with E-state index in [1.54, 1.807) is 48.4 Å². The van der Waals surface area contributed by atoms with Crippen LogP contribution in [0, 0.1) is 0 Å². The van der Waals surface area contributed by atoms with E-state index in [1.807, 2.05) is 0 Å². The van der Waals surface area contributed by atoms with Gasteiger partial charge in [0.25, 0.3) is 0 Å². The highest BCUT2D eigenvalue weighted by atomic mass is 32.1. The van der Waals surface area contributed by atoms with Gasteiger partial charge < -0.3 is 39.9 Å². The minimum absolute atomic E-state index is 0.193. The molecule has 16 nitrogen and oxygen atoms in total. The van der Waals surface area contributed by atoms with Crippen LogP contribution < -0.4 is 10.6 Å². The fourth-order valence-corrected chi connectivity index (χ4v) is 7.77. The van der Waals surface area contributed by atoms with Gasteiger partial charge in [-0.2, -0.15) is 0 Å². The first-order valence-electron chi connectivity index (χ1n) is 15.5. The predicted molar refractivity (Wildman–Crippen MR) is 176 cm³/mol. The minimum Gasteiger partial charge on any atom is -0.453 e. The molecule has 4 amide bonds. The smallest absolute Gasteiger partial charge is 0.407 e. The Morgan fingerprint density at radius 3 is 1.54 bits per heavy atom. The van der Waals surface area contributed by atoms with Gasteiger partial charge in [0.1, 0.15) is 23.7 Å². The average Bonchev–Trinajstić information content (AvgIpc) is 3.93. The largest absolute Gasteiger partial charge is 0.453 e. The van der Waals surface area contributed by atoms with Crippen molar-refractivity contribution in [2.75, 3.05) is 27.3 Å². The summed E-state index contributed by atoms with van der Waals surface area (Å²) in [7, 11) is 2.52. The zero-order valence-electron chi connectivity index (χ0n) is 26.8. The molecule has 4 aromatic rings. The van der Waals surface area contributed by atoms with Gasteiger partial charge in [0, 0.05) is 25.5 Å². The third-order valence-corrected chi connectivity index (χ3v) is 10.6. The maximum absolute atomic E-state index is 13.1. The van der Waals surface area contributed by atoms with Gasteiger partial charge in [-0.3, -0.25) is 9.59 Å². The van der Waals surface area contributed by atoms with Crippen molar-refractivity contribution >= 4 is 46.7 Å². The molecule has 0 aliphatic carbocycles. The summed E-state index contributed by atoms with van der Waals surface area (Å²) in [5.74, 6) is 0.974. The number of nitrogens with zero attached hydrogens (tertiary/aromatic N) is 6. The maximum Gasteiger partial charge on any atom is 0.407 e. The van der Waals surface area contributed by atoms with Crippen molar-refractivity contribution in [2.45, 2.75) is 63.7 Å². The standard InChI is InChI=1S/C30H36N10O6S2/c1-15(35-29(43)45-3)27(41)39-9-5-7-19(39)23-31-11-17(37-23)21-13-33-25(47-21)26-34-14-22(48-26)18-12-32-24(38-18)20-8-6-10-40(20)28(42)16(2)36-30(44)46-4/h11-16,19-20H,5-10H2,1-4H3,(H,31,37)(H,32,38)(H,35,43)(H,36,44). The first kappa shape index (κ1) is 33.1. The number of hydrogen-bond donors (Lipinski definition) is 4. The number of carbonyl (C=O) groups is 4. The van der Waals surface area contributed by atoms with Crippen molar-refractivity contribution in [3.63, 3.8) is 0 Å². The number of carbonyl (C=O) groups excluding carboxylic acids is 4. The van der Waals surface area contributed by atoms with E-state index in [9.17, 15) is 19.2 Å². The second-order valence-electron chi connectivity index (χ2n) is 11.5. The van der Waals surface area contributed by atoms with E-state index in [0.29, 0.717) is 24.7 Å². The number of alkyl carbamates (subject to hydrolysis) is 2. The lowest BCUT2D eigenvalue weighted by molar-refractivity contribution is -0.134. The van der Waals surface area contributed by atoms with Gasteiger partial charge in [0.2, 0.25) is 11.8 Å². The summed E-state index contributed by atoms with van der Waals surface area (Å²) in [4.78, 5) is 79.7. The molecule has 2 fully saturated rings. The molecule has 0 saturated carbocycles. The van der Waals surface area contributed by atoms with E-state index in [-0.39, 0.29) is 23.9 Å². The summed E-state index contributed by atoms with van der Waals surface area (Å²) in [6, 6.07) is -1.90. The summed E-state index contributed by atoms with van der Waals surface area (Å²) in [6.45, 7) is 4.42. The monoisotopic (exact) mass is 696 g/mol. The Morgan fingerprint density at radius 1 is 0.729 bits per heavy atom. The zero-order valence-corrected chi connectivity index (χ0v) is 28.4. The number of nitrogens with one attached hydrogen (secondary N) is 4. The van der Waals surface area contributed by atoms with E-state index in [0.717, 1.165) is 56.8 Å². The molecule has 0 bridgehead atoms. The molecule has 2 aliphatic heterocycles. The molecule has 2 saturated heterocycles. The number of H-pyrrole nitrogens is 2. The molecule has 18 heteroatoms. The van der Waals surface area contributed by atoms with Crippen molar-refractivity contribution in [1.29, 1.82) is 0 Å². The summed E-state index contributed by atoms with van der Waals surface area (Å²) in [6.07, 6.45) is 8.91. The van der Waals surface area contributed by atoms with Crippen LogP contribution >= 0.6 is 22.7 Å². The van der Waals surface area contributed by atoms with Crippen LogP contribution in [0.5, 0.6) is 0 Å². The van der Waals surface area contributed by atoms with Crippen molar-refractivity contribution in [2.24, 2.45) is 0 Å². The van der Waals surface area contributed by atoms with Crippen LogP contribution in [0.4, 0.5) is 9.59 Å². The fraction of sp³-hybridized carbons (Fsp3) is 0.467. The number of hydrogen-bond acceptors (Lipinski definition) is 12. The second kappa shape index (κ2) is 14.1. The van der Waals surface area contributed by atoms with Crippen LogP contribution in [0.2, 0.25) is 0 Å². The third kappa shape index (κ3) is 6.75. The predicted octanol–water partition coefficient (Wildman–Crippen LogP) is 3.86. The van der Waals surface area contributed by atoms with Crippen LogP contribution in [0.25, 0.3) is 31.2 Å². The quantitative estimate of drug-likeness (QED) is 0.199. The number of amides is 4. The van der Waals surface area contributed by atoms with Crippen LogP contribution in [-0.4, -0.2) is 103 Å². The molecular weight excluding hydrogens is 661 g/mol. The highest BCUT2D eigenvalue weighted by Gasteiger charge is 2.36. The van der Waals surface area contributed by atoms with Gasteiger partial charge in [-0.25, -0.2) is 29.5 Å². The number of rotatable bonds is 9. The molecule has 2 aliphatic rings. The lowest BCUT2D eigenvalue weighted by Crippen LogP contribution is -2.46. The van der Waals surface area contributed by atoms with Gasteiger partial charge in [0.15, 0.2) is 10.0 Å². The van der Waals surface area contributed by atoms with Gasteiger partial charge in [-0.05, 0) is 39.5 Å². The Labute approximate surface area is 283 Å². The minimum atomic E-state index is -0.722. The van der Waals surface area contributed by atoms with Crippen LogP contribution in [0.3, 0.4) is 0 Å². The first-order valence-corrected chi connectivity index (χ1v) is 17.1. The number of imidazole rings is 2. The normalized spacial score (nSPS) is 18.8. The Morgan fingerprint density at radius 2 is 1.15 bits per heavy atom. The summed E-state index contributed by atoms with van der Waals surface area (Å²) in [5, 5.41) is 6.58. The molecule has 6 rings (SSSR count). The van der Waals surface area contributed by atoms with Crippen LogP contribution in [0.1, 0.15) is 63.3 Å². The molecule has 6 heterocycles. The number of methoxy groups -OCH3 is 2. The maximum atomic E-state index is 13.1. The third-order valence-electron chi connectivity index (χ3n) is 8.40. The van der Waals surface area contributed by atoms with Crippen molar-refractivity contribution in [3.8, 4) is 31.2 Å².